The van der Waals surface area contributed by atoms with Gasteiger partial charge in [-0.2, -0.15) is 13.2 Å². The van der Waals surface area contributed by atoms with E-state index in [4.69, 9.17) is 11.6 Å². The van der Waals surface area contributed by atoms with Gasteiger partial charge in [0.1, 0.15) is 0 Å². The maximum absolute atomic E-state index is 13.0. The average Bonchev–Trinajstić information content (AvgIpc) is 3.20. The fourth-order valence-corrected chi connectivity index (χ4v) is 3.37. The van der Waals surface area contributed by atoms with Crippen LogP contribution in [0.3, 0.4) is 0 Å². The molecule has 4 rings (SSSR count). The standard InChI is InChI=1S/C16H14ClF3N6O/c1-7-5-26-9(3-22-15(26)16(18,19)20)6-25(7)14(27)13-23-11-8(2)10(17)4-21-12(11)24-13/h3-4,7H,5-6H2,1-2H3,(H,21,23,24). The second-order valence-electron chi connectivity index (χ2n) is 6.48. The molecule has 11 heteroatoms. The highest BCUT2D eigenvalue weighted by Crippen LogP contribution is 2.32. The summed E-state index contributed by atoms with van der Waals surface area (Å²) in [5.74, 6) is -1.30. The summed E-state index contributed by atoms with van der Waals surface area (Å²) in [6, 6.07) is -0.467. The zero-order valence-corrected chi connectivity index (χ0v) is 15.1. The van der Waals surface area contributed by atoms with Crippen LogP contribution in [0, 0.1) is 6.92 Å². The molecule has 0 spiro atoms. The number of aryl methyl sites for hydroxylation is 1. The van der Waals surface area contributed by atoms with Gasteiger partial charge in [0.25, 0.3) is 5.91 Å². The Balaban J connectivity index is 1.67. The predicted octanol–water partition coefficient (Wildman–Crippen LogP) is 3.18. The van der Waals surface area contributed by atoms with Crippen LogP contribution < -0.4 is 0 Å². The predicted molar refractivity (Wildman–Crippen MR) is 90.2 cm³/mol. The first-order chi connectivity index (χ1) is 12.7. The number of carbonyl (C=O) groups is 1. The maximum Gasteiger partial charge on any atom is 0.449 e. The number of hydrogen-bond acceptors (Lipinski definition) is 4. The SMILES string of the molecule is Cc1c(Cl)cnc2nc(C(=O)N3Cc4cnc(C(F)(F)F)n4CC3C)[nH]c12. The number of aromatic nitrogens is 5. The molecular formula is C16H14ClF3N6O. The average molecular weight is 399 g/mol. The summed E-state index contributed by atoms with van der Waals surface area (Å²) in [4.78, 5) is 29.1. The fraction of sp³-hybridized carbons (Fsp3) is 0.375. The number of H-pyrrole nitrogens is 1. The summed E-state index contributed by atoms with van der Waals surface area (Å²) >= 11 is 6.04. The molecule has 0 aromatic carbocycles. The highest BCUT2D eigenvalue weighted by Gasteiger charge is 2.40. The Hall–Kier alpha value is -2.62. The van der Waals surface area contributed by atoms with E-state index in [1.54, 1.807) is 13.8 Å². The second kappa shape index (κ2) is 5.95. The molecule has 1 atom stereocenters. The highest BCUT2D eigenvalue weighted by atomic mass is 35.5. The molecule has 0 saturated carbocycles. The van der Waals surface area contributed by atoms with E-state index in [1.165, 1.54) is 11.1 Å². The molecule has 0 fully saturated rings. The third-order valence-corrected chi connectivity index (χ3v) is 5.07. The lowest BCUT2D eigenvalue weighted by molar-refractivity contribution is -0.148. The number of amides is 1. The van der Waals surface area contributed by atoms with Crippen LogP contribution in [-0.4, -0.2) is 41.4 Å². The van der Waals surface area contributed by atoms with Crippen molar-refractivity contribution in [2.45, 2.75) is 39.2 Å². The molecule has 1 aliphatic heterocycles. The van der Waals surface area contributed by atoms with Crippen molar-refractivity contribution in [3.63, 3.8) is 0 Å². The lowest BCUT2D eigenvalue weighted by Crippen LogP contribution is -2.45. The molecular weight excluding hydrogens is 385 g/mol. The van der Waals surface area contributed by atoms with Crippen LogP contribution in [0.1, 0.15) is 34.6 Å². The molecule has 1 amide bonds. The minimum atomic E-state index is -4.54. The van der Waals surface area contributed by atoms with Crippen molar-refractivity contribution in [1.29, 1.82) is 0 Å². The van der Waals surface area contributed by atoms with Gasteiger partial charge in [-0.05, 0) is 19.4 Å². The number of alkyl halides is 3. The van der Waals surface area contributed by atoms with Crippen molar-refractivity contribution in [2.75, 3.05) is 0 Å². The number of hydrogen-bond donors (Lipinski definition) is 1. The van der Waals surface area contributed by atoms with Gasteiger partial charge < -0.3 is 14.5 Å². The van der Waals surface area contributed by atoms with E-state index in [0.29, 0.717) is 27.4 Å². The largest absolute Gasteiger partial charge is 0.449 e. The van der Waals surface area contributed by atoms with E-state index in [9.17, 15) is 18.0 Å². The molecule has 3 aromatic heterocycles. The van der Waals surface area contributed by atoms with E-state index in [-0.39, 0.29) is 18.9 Å². The van der Waals surface area contributed by atoms with Crippen LogP contribution in [0.4, 0.5) is 13.2 Å². The lowest BCUT2D eigenvalue weighted by atomic mass is 10.2. The van der Waals surface area contributed by atoms with Gasteiger partial charge in [-0.15, -0.1) is 0 Å². The minimum absolute atomic E-state index is 0.000743. The van der Waals surface area contributed by atoms with Gasteiger partial charge >= 0.3 is 6.18 Å². The fourth-order valence-electron chi connectivity index (χ4n) is 3.22. The smallest absolute Gasteiger partial charge is 0.332 e. The molecule has 0 aliphatic carbocycles. The zero-order valence-electron chi connectivity index (χ0n) is 14.3. The highest BCUT2D eigenvalue weighted by molar-refractivity contribution is 6.31. The van der Waals surface area contributed by atoms with Crippen molar-refractivity contribution in [3.05, 3.63) is 40.3 Å². The van der Waals surface area contributed by atoms with Gasteiger partial charge in [0, 0.05) is 18.8 Å². The van der Waals surface area contributed by atoms with Gasteiger partial charge in [-0.25, -0.2) is 15.0 Å². The number of imidazole rings is 2. The quantitative estimate of drug-likeness (QED) is 0.682. The number of fused-ring (bicyclic) bond motifs is 2. The first-order valence-electron chi connectivity index (χ1n) is 8.10. The molecule has 0 radical (unpaired) electrons. The number of halogens is 4. The second-order valence-corrected chi connectivity index (χ2v) is 6.89. The molecule has 1 aliphatic rings. The van der Waals surface area contributed by atoms with Crippen molar-refractivity contribution in [2.24, 2.45) is 0 Å². The normalized spacial score (nSPS) is 17.4. The van der Waals surface area contributed by atoms with Gasteiger partial charge in [-0.3, -0.25) is 4.79 Å². The molecule has 1 N–H and O–H groups in total. The van der Waals surface area contributed by atoms with E-state index in [2.05, 4.69) is 19.9 Å². The van der Waals surface area contributed by atoms with Gasteiger partial charge in [0.2, 0.25) is 5.82 Å². The van der Waals surface area contributed by atoms with Crippen LogP contribution in [0.5, 0.6) is 0 Å². The van der Waals surface area contributed by atoms with Crippen LogP contribution >= 0.6 is 11.6 Å². The molecule has 0 bridgehead atoms. The summed E-state index contributed by atoms with van der Waals surface area (Å²) in [5, 5.41) is 0.445. The number of aromatic amines is 1. The first-order valence-corrected chi connectivity index (χ1v) is 8.48. The lowest BCUT2D eigenvalue weighted by Gasteiger charge is -2.34. The minimum Gasteiger partial charge on any atom is -0.332 e. The number of pyridine rings is 1. The summed E-state index contributed by atoms with van der Waals surface area (Å²) in [5.41, 5.74) is 1.95. The van der Waals surface area contributed by atoms with E-state index >= 15 is 0 Å². The molecule has 7 nitrogen and oxygen atoms in total. The van der Waals surface area contributed by atoms with Crippen LogP contribution in [0.15, 0.2) is 12.4 Å². The Bertz CT molecular complexity index is 1060. The summed E-state index contributed by atoms with van der Waals surface area (Å²) in [7, 11) is 0. The summed E-state index contributed by atoms with van der Waals surface area (Å²) in [6.07, 6.45) is -1.93. The Morgan fingerprint density at radius 1 is 1.33 bits per heavy atom. The first kappa shape index (κ1) is 17.8. The Morgan fingerprint density at radius 3 is 2.78 bits per heavy atom. The third kappa shape index (κ3) is 2.84. The summed E-state index contributed by atoms with van der Waals surface area (Å²) < 4.78 is 40.3. The summed E-state index contributed by atoms with van der Waals surface area (Å²) in [6.45, 7) is 3.47. The topological polar surface area (TPSA) is 79.7 Å². The van der Waals surface area contributed by atoms with Crippen LogP contribution in [0.25, 0.3) is 11.2 Å². The molecule has 4 heterocycles. The molecule has 1 unspecified atom stereocenters. The van der Waals surface area contributed by atoms with Crippen LogP contribution in [0.2, 0.25) is 5.02 Å². The van der Waals surface area contributed by atoms with Gasteiger partial charge in [-0.1, -0.05) is 11.6 Å². The number of rotatable bonds is 1. The van der Waals surface area contributed by atoms with E-state index in [0.717, 1.165) is 10.8 Å². The number of carbonyl (C=O) groups excluding carboxylic acids is 1. The monoisotopic (exact) mass is 398 g/mol. The van der Waals surface area contributed by atoms with Crippen molar-refractivity contribution < 1.29 is 18.0 Å². The van der Waals surface area contributed by atoms with E-state index < -0.39 is 23.9 Å². The van der Waals surface area contributed by atoms with Crippen LogP contribution in [-0.2, 0) is 19.3 Å². The Kier molecular flexibility index (Phi) is 3.91. The maximum atomic E-state index is 13.0. The molecule has 142 valence electrons. The van der Waals surface area contributed by atoms with Gasteiger partial charge in [0.05, 0.1) is 29.0 Å². The number of nitrogens with one attached hydrogen (secondary N) is 1. The zero-order chi connectivity index (χ0) is 19.5. The van der Waals surface area contributed by atoms with Crippen molar-refractivity contribution in [1.82, 2.24) is 29.4 Å². The number of nitrogens with zero attached hydrogens (tertiary/aromatic N) is 5. The third-order valence-electron chi connectivity index (χ3n) is 4.68. The molecule has 3 aromatic rings. The van der Waals surface area contributed by atoms with Crippen molar-refractivity contribution in [3.8, 4) is 0 Å². The van der Waals surface area contributed by atoms with Crippen molar-refractivity contribution >= 4 is 28.7 Å². The van der Waals surface area contributed by atoms with E-state index in [1.807, 2.05) is 0 Å². The Morgan fingerprint density at radius 2 is 2.07 bits per heavy atom. The Labute approximate surface area is 156 Å². The molecule has 27 heavy (non-hydrogen) atoms. The van der Waals surface area contributed by atoms with Gasteiger partial charge in [0.15, 0.2) is 11.5 Å². The molecule has 0 saturated heterocycles.